The molecule has 5 aromatic rings. The molecule has 28 heavy (non-hydrogen) atoms. The number of hydrogen-bond donors (Lipinski definition) is 0. The average Bonchev–Trinajstić information content (AvgIpc) is 3.08. The summed E-state index contributed by atoms with van der Waals surface area (Å²) in [5.41, 5.74) is 0.838. The van der Waals surface area contributed by atoms with E-state index in [0.29, 0.717) is 5.56 Å². The van der Waals surface area contributed by atoms with Crippen molar-refractivity contribution in [3.8, 4) is 0 Å². The SMILES string of the molecule is CC(C)(C)OC(=O)c1ccc2cc3cc4cc5oncc5cc4cc3cc2c1. The Kier molecular flexibility index (Phi) is 3.47. The second kappa shape index (κ2) is 5.80. The van der Waals surface area contributed by atoms with Crippen LogP contribution in [0.2, 0.25) is 0 Å². The molecule has 0 spiro atoms. The number of benzene rings is 4. The highest BCUT2D eigenvalue weighted by molar-refractivity contribution is 6.08. The number of rotatable bonds is 1. The quantitative estimate of drug-likeness (QED) is 0.259. The number of nitrogens with zero attached hydrogens (tertiary/aromatic N) is 1. The number of carbonyl (C=O) groups is 1. The fraction of sp³-hybridized carbons (Fsp3) is 0.167. The van der Waals surface area contributed by atoms with Gasteiger partial charge in [0.2, 0.25) is 0 Å². The van der Waals surface area contributed by atoms with E-state index < -0.39 is 5.60 Å². The van der Waals surface area contributed by atoms with Crippen molar-refractivity contribution in [1.82, 2.24) is 5.16 Å². The van der Waals surface area contributed by atoms with Gasteiger partial charge in [0.05, 0.1) is 11.8 Å². The Balaban J connectivity index is 1.67. The summed E-state index contributed by atoms with van der Waals surface area (Å²) in [5.74, 6) is -0.303. The van der Waals surface area contributed by atoms with Crippen LogP contribution in [-0.4, -0.2) is 16.7 Å². The standard InChI is InChI=1S/C24H19NO3/c1-24(2,3)27-23(26)15-5-4-14-6-17-10-20-12-22-21(13-25-28-22)11-19(20)9-18(17)8-16(14)7-15/h4-13H,1-3H3. The molecule has 1 heterocycles. The van der Waals surface area contributed by atoms with Gasteiger partial charge in [0, 0.05) is 5.39 Å². The van der Waals surface area contributed by atoms with Crippen LogP contribution < -0.4 is 0 Å². The zero-order chi connectivity index (χ0) is 19.5. The normalized spacial score (nSPS) is 12.2. The van der Waals surface area contributed by atoms with Crippen molar-refractivity contribution in [2.45, 2.75) is 26.4 Å². The average molecular weight is 369 g/mol. The summed E-state index contributed by atoms with van der Waals surface area (Å²) in [6, 6.07) is 18.4. The number of esters is 1. The molecule has 0 aliphatic heterocycles. The Hall–Kier alpha value is -3.40. The molecule has 0 saturated heterocycles. The van der Waals surface area contributed by atoms with E-state index in [1.165, 1.54) is 0 Å². The summed E-state index contributed by atoms with van der Waals surface area (Å²) in [7, 11) is 0. The predicted molar refractivity (Wildman–Crippen MR) is 112 cm³/mol. The van der Waals surface area contributed by atoms with Crippen molar-refractivity contribution >= 4 is 49.3 Å². The van der Waals surface area contributed by atoms with Crippen molar-refractivity contribution in [2.24, 2.45) is 0 Å². The molecule has 0 saturated carbocycles. The van der Waals surface area contributed by atoms with Gasteiger partial charge in [-0.1, -0.05) is 11.2 Å². The van der Waals surface area contributed by atoms with Gasteiger partial charge in [-0.25, -0.2) is 4.79 Å². The largest absolute Gasteiger partial charge is 0.456 e. The minimum Gasteiger partial charge on any atom is -0.456 e. The number of hydrogen-bond acceptors (Lipinski definition) is 4. The Morgan fingerprint density at radius 3 is 2.04 bits per heavy atom. The van der Waals surface area contributed by atoms with Crippen molar-refractivity contribution in [2.75, 3.05) is 0 Å². The molecule has 0 unspecified atom stereocenters. The molecular weight excluding hydrogens is 350 g/mol. The molecule has 0 radical (unpaired) electrons. The lowest BCUT2D eigenvalue weighted by molar-refractivity contribution is 0.00697. The maximum Gasteiger partial charge on any atom is 0.338 e. The summed E-state index contributed by atoms with van der Waals surface area (Å²) >= 11 is 0. The summed E-state index contributed by atoms with van der Waals surface area (Å²) < 4.78 is 10.8. The zero-order valence-electron chi connectivity index (χ0n) is 15.9. The van der Waals surface area contributed by atoms with E-state index in [1.807, 2.05) is 45.0 Å². The molecule has 0 atom stereocenters. The number of carbonyl (C=O) groups excluding carboxylic acids is 1. The highest BCUT2D eigenvalue weighted by Crippen LogP contribution is 2.30. The first-order valence-electron chi connectivity index (χ1n) is 9.25. The Labute approximate surface area is 161 Å². The molecule has 5 rings (SSSR count). The lowest BCUT2D eigenvalue weighted by atomic mass is 9.98. The van der Waals surface area contributed by atoms with E-state index in [1.54, 1.807) is 6.20 Å². The molecular formula is C24H19NO3. The fourth-order valence-electron chi connectivity index (χ4n) is 3.58. The van der Waals surface area contributed by atoms with Gasteiger partial charge in [-0.3, -0.25) is 0 Å². The molecule has 1 aromatic heterocycles. The van der Waals surface area contributed by atoms with Crippen molar-refractivity contribution in [3.05, 3.63) is 66.4 Å². The summed E-state index contributed by atoms with van der Waals surface area (Å²) in [6.45, 7) is 5.62. The van der Waals surface area contributed by atoms with Gasteiger partial charge in [-0.2, -0.15) is 0 Å². The summed E-state index contributed by atoms with van der Waals surface area (Å²) in [4.78, 5) is 12.4. The van der Waals surface area contributed by atoms with Gasteiger partial charge in [0.1, 0.15) is 5.60 Å². The third kappa shape index (κ3) is 2.87. The third-order valence-electron chi connectivity index (χ3n) is 4.86. The highest BCUT2D eigenvalue weighted by atomic mass is 16.6. The lowest BCUT2D eigenvalue weighted by Gasteiger charge is -2.19. The Bertz CT molecular complexity index is 1390. The number of aromatic nitrogens is 1. The van der Waals surface area contributed by atoms with Crippen LogP contribution in [-0.2, 0) is 4.74 Å². The first kappa shape index (κ1) is 16.8. The third-order valence-corrected chi connectivity index (χ3v) is 4.86. The van der Waals surface area contributed by atoms with Gasteiger partial charge in [0.25, 0.3) is 0 Å². The van der Waals surface area contributed by atoms with E-state index in [-0.39, 0.29) is 5.97 Å². The lowest BCUT2D eigenvalue weighted by Crippen LogP contribution is -2.23. The van der Waals surface area contributed by atoms with Gasteiger partial charge >= 0.3 is 5.97 Å². The first-order chi connectivity index (χ1) is 13.4. The topological polar surface area (TPSA) is 52.3 Å². The van der Waals surface area contributed by atoms with E-state index in [0.717, 1.165) is 43.3 Å². The number of fused-ring (bicyclic) bond motifs is 4. The second-order valence-corrected chi connectivity index (χ2v) is 8.18. The smallest absolute Gasteiger partial charge is 0.338 e. The van der Waals surface area contributed by atoms with Gasteiger partial charge in [0.15, 0.2) is 5.58 Å². The predicted octanol–water partition coefficient (Wildman–Crippen LogP) is 6.24. The molecule has 0 amide bonds. The van der Waals surface area contributed by atoms with Crippen LogP contribution >= 0.6 is 0 Å². The molecule has 138 valence electrons. The molecule has 0 fully saturated rings. The van der Waals surface area contributed by atoms with Gasteiger partial charge in [-0.05, 0) is 102 Å². The van der Waals surface area contributed by atoms with E-state index in [4.69, 9.17) is 9.26 Å². The van der Waals surface area contributed by atoms with Crippen molar-refractivity contribution in [1.29, 1.82) is 0 Å². The van der Waals surface area contributed by atoms with Gasteiger partial charge in [-0.15, -0.1) is 0 Å². The molecule has 0 aliphatic carbocycles. The van der Waals surface area contributed by atoms with Crippen LogP contribution in [0.4, 0.5) is 0 Å². The minimum absolute atomic E-state index is 0.303. The Morgan fingerprint density at radius 2 is 1.36 bits per heavy atom. The molecule has 0 aliphatic rings. The monoisotopic (exact) mass is 369 g/mol. The maximum absolute atomic E-state index is 12.4. The van der Waals surface area contributed by atoms with Crippen LogP contribution in [0.3, 0.4) is 0 Å². The maximum atomic E-state index is 12.4. The number of ether oxygens (including phenoxy) is 1. The molecule has 4 nitrogen and oxygen atoms in total. The zero-order valence-corrected chi connectivity index (χ0v) is 15.9. The van der Waals surface area contributed by atoms with Crippen LogP contribution in [0.1, 0.15) is 31.1 Å². The van der Waals surface area contributed by atoms with Crippen LogP contribution in [0.25, 0.3) is 43.3 Å². The van der Waals surface area contributed by atoms with E-state index >= 15 is 0 Å². The van der Waals surface area contributed by atoms with Crippen LogP contribution in [0.5, 0.6) is 0 Å². The van der Waals surface area contributed by atoms with E-state index in [2.05, 4.69) is 35.5 Å². The second-order valence-electron chi connectivity index (χ2n) is 8.18. The van der Waals surface area contributed by atoms with Crippen molar-refractivity contribution in [3.63, 3.8) is 0 Å². The van der Waals surface area contributed by atoms with Crippen LogP contribution in [0, 0.1) is 0 Å². The Morgan fingerprint density at radius 1 is 0.786 bits per heavy atom. The van der Waals surface area contributed by atoms with Crippen LogP contribution in [0.15, 0.2) is 65.3 Å². The highest BCUT2D eigenvalue weighted by Gasteiger charge is 2.18. The van der Waals surface area contributed by atoms with Crippen molar-refractivity contribution < 1.29 is 14.1 Å². The fourth-order valence-corrected chi connectivity index (χ4v) is 3.58. The van der Waals surface area contributed by atoms with Gasteiger partial charge < -0.3 is 9.26 Å². The summed E-state index contributed by atoms with van der Waals surface area (Å²) in [5, 5.41) is 11.5. The molecule has 4 heteroatoms. The molecule has 0 N–H and O–H groups in total. The van der Waals surface area contributed by atoms with E-state index in [9.17, 15) is 4.79 Å². The molecule has 4 aromatic carbocycles. The summed E-state index contributed by atoms with van der Waals surface area (Å²) in [6.07, 6.45) is 1.73. The minimum atomic E-state index is -0.512. The molecule has 0 bridgehead atoms. The first-order valence-corrected chi connectivity index (χ1v) is 9.25.